The Morgan fingerprint density at radius 2 is 1.88 bits per heavy atom. The fourth-order valence-corrected chi connectivity index (χ4v) is 1.77. The van der Waals surface area contributed by atoms with Gasteiger partial charge in [0.15, 0.2) is 0 Å². The van der Waals surface area contributed by atoms with Crippen LogP contribution in [0.2, 0.25) is 5.02 Å². The summed E-state index contributed by atoms with van der Waals surface area (Å²) in [6.07, 6.45) is 0. The van der Waals surface area contributed by atoms with E-state index in [0.717, 1.165) is 11.1 Å². The molecule has 0 saturated heterocycles. The van der Waals surface area contributed by atoms with Crippen LogP contribution >= 0.6 is 11.6 Å². The molecule has 2 rings (SSSR count). The second kappa shape index (κ2) is 4.14. The van der Waals surface area contributed by atoms with Crippen LogP contribution in [0.1, 0.15) is 5.56 Å². The maximum absolute atomic E-state index is 13.1. The molecule has 0 atom stereocenters. The third-order valence-corrected chi connectivity index (χ3v) is 2.77. The molecule has 1 nitrogen and oxygen atoms in total. The highest BCUT2D eigenvalue weighted by molar-refractivity contribution is 6.33. The van der Waals surface area contributed by atoms with E-state index in [4.69, 9.17) is 11.6 Å². The molecular formula is C13H10ClFO. The molecule has 0 aliphatic heterocycles. The Bertz CT molecular complexity index is 537. The smallest absolute Gasteiger partial charge is 0.123 e. The highest BCUT2D eigenvalue weighted by Crippen LogP contribution is 2.31. The van der Waals surface area contributed by atoms with Gasteiger partial charge in [0.2, 0.25) is 0 Å². The lowest BCUT2D eigenvalue weighted by atomic mass is 10.0. The molecule has 0 aliphatic carbocycles. The molecule has 2 aromatic carbocycles. The Morgan fingerprint density at radius 1 is 1.12 bits per heavy atom. The van der Waals surface area contributed by atoms with Crippen molar-refractivity contribution in [2.45, 2.75) is 6.92 Å². The Morgan fingerprint density at radius 3 is 2.56 bits per heavy atom. The van der Waals surface area contributed by atoms with Crippen LogP contribution in [-0.4, -0.2) is 5.11 Å². The van der Waals surface area contributed by atoms with Crippen molar-refractivity contribution >= 4 is 11.6 Å². The standard InChI is InChI=1S/C13H10ClFO/c1-8-6-9(2-5-13(8)16)11-7-10(15)3-4-12(11)14/h2-7,16H,1H3. The van der Waals surface area contributed by atoms with Gasteiger partial charge in [0.1, 0.15) is 11.6 Å². The first-order chi connectivity index (χ1) is 7.58. The largest absolute Gasteiger partial charge is 0.508 e. The zero-order chi connectivity index (χ0) is 11.7. The molecule has 0 spiro atoms. The number of phenolic OH excluding ortho intramolecular Hbond substituents is 1. The summed E-state index contributed by atoms with van der Waals surface area (Å²) < 4.78 is 13.1. The number of hydrogen-bond acceptors (Lipinski definition) is 1. The molecule has 82 valence electrons. The summed E-state index contributed by atoms with van der Waals surface area (Å²) in [6, 6.07) is 9.28. The first kappa shape index (κ1) is 11.0. The average Bonchev–Trinajstić information content (AvgIpc) is 2.26. The third kappa shape index (κ3) is 2.02. The molecule has 0 bridgehead atoms. The van der Waals surface area contributed by atoms with Crippen molar-refractivity contribution in [1.82, 2.24) is 0 Å². The van der Waals surface area contributed by atoms with E-state index in [2.05, 4.69) is 0 Å². The van der Waals surface area contributed by atoms with Gasteiger partial charge in [-0.25, -0.2) is 4.39 Å². The van der Waals surface area contributed by atoms with E-state index in [1.165, 1.54) is 18.2 Å². The fraction of sp³-hybridized carbons (Fsp3) is 0.0769. The van der Waals surface area contributed by atoms with E-state index in [1.54, 1.807) is 25.1 Å². The van der Waals surface area contributed by atoms with Crippen molar-refractivity contribution in [2.75, 3.05) is 0 Å². The van der Waals surface area contributed by atoms with Crippen LogP contribution in [-0.2, 0) is 0 Å². The van der Waals surface area contributed by atoms with E-state index in [-0.39, 0.29) is 11.6 Å². The maximum Gasteiger partial charge on any atom is 0.123 e. The molecule has 0 amide bonds. The van der Waals surface area contributed by atoms with Gasteiger partial charge in [0.05, 0.1) is 0 Å². The molecule has 0 saturated carbocycles. The first-order valence-corrected chi connectivity index (χ1v) is 5.21. The molecule has 0 radical (unpaired) electrons. The molecule has 3 heteroatoms. The fourth-order valence-electron chi connectivity index (χ4n) is 1.54. The highest BCUT2D eigenvalue weighted by Gasteiger charge is 2.06. The monoisotopic (exact) mass is 236 g/mol. The van der Waals surface area contributed by atoms with Crippen molar-refractivity contribution in [3.63, 3.8) is 0 Å². The Balaban J connectivity index is 2.58. The van der Waals surface area contributed by atoms with Crippen molar-refractivity contribution in [1.29, 1.82) is 0 Å². The lowest BCUT2D eigenvalue weighted by Crippen LogP contribution is -1.84. The number of aryl methyl sites for hydroxylation is 1. The van der Waals surface area contributed by atoms with E-state index < -0.39 is 0 Å². The molecule has 0 aliphatic rings. The number of aromatic hydroxyl groups is 1. The number of hydrogen-bond donors (Lipinski definition) is 1. The second-order valence-electron chi connectivity index (χ2n) is 3.63. The minimum absolute atomic E-state index is 0.219. The minimum atomic E-state index is -0.329. The Labute approximate surface area is 98.1 Å². The van der Waals surface area contributed by atoms with Crippen molar-refractivity contribution in [3.05, 3.63) is 52.8 Å². The SMILES string of the molecule is Cc1cc(-c2cc(F)ccc2Cl)ccc1O. The predicted molar refractivity (Wildman–Crippen MR) is 63.2 cm³/mol. The van der Waals surface area contributed by atoms with Gasteiger partial charge in [0.25, 0.3) is 0 Å². The molecule has 2 aromatic rings. The summed E-state index contributed by atoms with van der Waals surface area (Å²) in [7, 11) is 0. The van der Waals surface area contributed by atoms with Crippen LogP contribution in [0.5, 0.6) is 5.75 Å². The van der Waals surface area contributed by atoms with Gasteiger partial charge in [-0.2, -0.15) is 0 Å². The van der Waals surface area contributed by atoms with Crippen LogP contribution in [0.25, 0.3) is 11.1 Å². The molecule has 0 fully saturated rings. The van der Waals surface area contributed by atoms with Gasteiger partial charge >= 0.3 is 0 Å². The van der Waals surface area contributed by atoms with Crippen LogP contribution in [0.15, 0.2) is 36.4 Å². The van der Waals surface area contributed by atoms with Gasteiger partial charge in [0, 0.05) is 10.6 Å². The minimum Gasteiger partial charge on any atom is -0.508 e. The first-order valence-electron chi connectivity index (χ1n) is 4.83. The lowest BCUT2D eigenvalue weighted by Gasteiger charge is -2.06. The summed E-state index contributed by atoms with van der Waals surface area (Å²) >= 11 is 5.99. The van der Waals surface area contributed by atoms with Gasteiger partial charge in [-0.1, -0.05) is 17.7 Å². The van der Waals surface area contributed by atoms with Gasteiger partial charge in [-0.15, -0.1) is 0 Å². The van der Waals surface area contributed by atoms with Crippen LogP contribution in [0.3, 0.4) is 0 Å². The Kier molecular flexibility index (Phi) is 2.84. The van der Waals surface area contributed by atoms with Gasteiger partial charge in [-0.3, -0.25) is 0 Å². The summed E-state index contributed by atoms with van der Waals surface area (Å²) in [5.41, 5.74) is 2.15. The summed E-state index contributed by atoms with van der Waals surface area (Å²) in [4.78, 5) is 0. The highest BCUT2D eigenvalue weighted by atomic mass is 35.5. The normalized spacial score (nSPS) is 10.4. The van der Waals surface area contributed by atoms with Crippen LogP contribution in [0.4, 0.5) is 4.39 Å². The van der Waals surface area contributed by atoms with E-state index in [1.807, 2.05) is 0 Å². The molecular weight excluding hydrogens is 227 g/mol. The quantitative estimate of drug-likeness (QED) is 0.788. The second-order valence-corrected chi connectivity index (χ2v) is 4.03. The van der Waals surface area contributed by atoms with Crippen LogP contribution < -0.4 is 0 Å². The molecule has 16 heavy (non-hydrogen) atoms. The third-order valence-electron chi connectivity index (χ3n) is 2.44. The number of rotatable bonds is 1. The van der Waals surface area contributed by atoms with E-state index in [0.29, 0.717) is 10.6 Å². The summed E-state index contributed by atoms with van der Waals surface area (Å²) in [5, 5.41) is 9.90. The number of halogens is 2. The van der Waals surface area contributed by atoms with Crippen LogP contribution in [0, 0.1) is 12.7 Å². The lowest BCUT2D eigenvalue weighted by molar-refractivity contribution is 0.471. The molecule has 0 heterocycles. The Hall–Kier alpha value is -1.54. The van der Waals surface area contributed by atoms with Gasteiger partial charge in [-0.05, 0) is 48.4 Å². The predicted octanol–water partition coefficient (Wildman–Crippen LogP) is 4.16. The van der Waals surface area contributed by atoms with E-state index >= 15 is 0 Å². The zero-order valence-electron chi connectivity index (χ0n) is 8.67. The molecule has 0 aromatic heterocycles. The molecule has 0 unspecified atom stereocenters. The number of phenols is 1. The van der Waals surface area contributed by atoms with Crippen molar-refractivity contribution < 1.29 is 9.50 Å². The topological polar surface area (TPSA) is 20.2 Å². The van der Waals surface area contributed by atoms with Gasteiger partial charge < -0.3 is 5.11 Å². The number of benzene rings is 2. The maximum atomic E-state index is 13.1. The van der Waals surface area contributed by atoms with Crippen molar-refractivity contribution in [2.24, 2.45) is 0 Å². The van der Waals surface area contributed by atoms with Crippen molar-refractivity contribution in [3.8, 4) is 16.9 Å². The summed E-state index contributed by atoms with van der Waals surface area (Å²) in [6.45, 7) is 1.78. The zero-order valence-corrected chi connectivity index (χ0v) is 9.42. The summed E-state index contributed by atoms with van der Waals surface area (Å²) in [5.74, 6) is -0.110. The van der Waals surface area contributed by atoms with E-state index in [9.17, 15) is 9.50 Å². The average molecular weight is 237 g/mol. The molecule has 1 N–H and O–H groups in total.